The van der Waals surface area contributed by atoms with E-state index in [1.54, 1.807) is 24.3 Å². The second-order valence-corrected chi connectivity index (χ2v) is 5.06. The third-order valence-electron chi connectivity index (χ3n) is 2.39. The molecule has 0 aliphatic heterocycles. The normalized spacial score (nSPS) is 10.2. The molecule has 2 rings (SSSR count). The Hall–Kier alpha value is -1.39. The maximum Gasteiger partial charge on any atom is 0.257 e. The van der Waals surface area contributed by atoms with E-state index in [1.165, 1.54) is 0 Å². The lowest BCUT2D eigenvalue weighted by Gasteiger charge is -2.07. The molecule has 1 aromatic carbocycles. The molecule has 1 N–H and O–H groups in total. The van der Waals surface area contributed by atoms with Crippen LogP contribution in [0.15, 0.2) is 40.9 Å². The first kappa shape index (κ1) is 13.1. The molecule has 0 bridgehead atoms. The van der Waals surface area contributed by atoms with E-state index in [9.17, 15) is 4.79 Å². The zero-order valence-corrected chi connectivity index (χ0v) is 11.9. The summed E-state index contributed by atoms with van der Waals surface area (Å²) in [6.07, 6.45) is 0. The minimum absolute atomic E-state index is 0.199. The van der Waals surface area contributed by atoms with Gasteiger partial charge in [-0.25, -0.2) is 4.98 Å². The topological polar surface area (TPSA) is 42.0 Å². The van der Waals surface area contributed by atoms with Crippen LogP contribution in [-0.4, -0.2) is 10.9 Å². The van der Waals surface area contributed by atoms with Gasteiger partial charge < -0.3 is 5.32 Å². The predicted molar refractivity (Wildman–Crippen MR) is 76.1 cm³/mol. The molecule has 0 saturated carbocycles. The third-order valence-corrected chi connectivity index (χ3v) is 3.09. The quantitative estimate of drug-likeness (QED) is 0.846. The van der Waals surface area contributed by atoms with Gasteiger partial charge in [0.05, 0.1) is 0 Å². The number of carbonyl (C=O) groups is 1. The zero-order valence-electron chi connectivity index (χ0n) is 9.58. The number of aryl methyl sites for hydroxylation is 1. The highest BCUT2D eigenvalue weighted by Gasteiger charge is 2.10. The van der Waals surface area contributed by atoms with Gasteiger partial charge in [-0.1, -0.05) is 33.6 Å². The average Bonchev–Trinajstić information content (AvgIpc) is 2.28. The van der Waals surface area contributed by atoms with Crippen molar-refractivity contribution < 1.29 is 4.79 Å². The Labute approximate surface area is 118 Å². The number of halogens is 2. The summed E-state index contributed by atoms with van der Waals surface area (Å²) in [6, 6.07) is 10.6. The van der Waals surface area contributed by atoms with Gasteiger partial charge in [0, 0.05) is 10.0 Å². The summed E-state index contributed by atoms with van der Waals surface area (Å²) in [7, 11) is 0. The van der Waals surface area contributed by atoms with Gasteiger partial charge in [-0.05, 0) is 42.8 Å². The van der Waals surface area contributed by atoms with Crippen LogP contribution in [0, 0.1) is 6.92 Å². The highest BCUT2D eigenvalue weighted by Crippen LogP contribution is 2.17. The first-order valence-corrected chi connectivity index (χ1v) is 6.43. The van der Waals surface area contributed by atoms with Crippen molar-refractivity contribution in [2.75, 3.05) is 5.32 Å². The molecule has 0 radical (unpaired) electrons. The van der Waals surface area contributed by atoms with E-state index >= 15 is 0 Å². The van der Waals surface area contributed by atoms with Crippen LogP contribution in [-0.2, 0) is 0 Å². The van der Waals surface area contributed by atoms with Gasteiger partial charge in [0.2, 0.25) is 0 Å². The summed E-state index contributed by atoms with van der Waals surface area (Å²) < 4.78 is 0.942. The molecule has 2 aromatic rings. The molecule has 0 fully saturated rings. The summed E-state index contributed by atoms with van der Waals surface area (Å²) in [4.78, 5) is 16.1. The average molecular weight is 326 g/mol. The number of rotatable bonds is 2. The summed E-state index contributed by atoms with van der Waals surface area (Å²) in [5.74, 6) is 0.240. The number of benzene rings is 1. The molecular weight excluding hydrogens is 316 g/mol. The fraction of sp³-hybridized carbons (Fsp3) is 0.0769. The van der Waals surface area contributed by atoms with Crippen LogP contribution < -0.4 is 5.32 Å². The van der Waals surface area contributed by atoms with Gasteiger partial charge in [-0.3, -0.25) is 4.79 Å². The summed E-state index contributed by atoms with van der Waals surface area (Å²) in [6.45, 7) is 1.88. The molecule has 3 nitrogen and oxygen atoms in total. The molecule has 18 heavy (non-hydrogen) atoms. The molecule has 0 unspecified atom stereocenters. The molecule has 0 spiro atoms. The van der Waals surface area contributed by atoms with Crippen LogP contribution in [0.2, 0.25) is 5.15 Å². The van der Waals surface area contributed by atoms with E-state index in [1.807, 2.05) is 19.1 Å². The zero-order chi connectivity index (χ0) is 13.1. The van der Waals surface area contributed by atoms with Crippen LogP contribution in [0.25, 0.3) is 0 Å². The van der Waals surface area contributed by atoms with Crippen molar-refractivity contribution in [3.05, 3.63) is 57.2 Å². The van der Waals surface area contributed by atoms with Crippen molar-refractivity contribution in [3.63, 3.8) is 0 Å². The molecule has 0 saturated heterocycles. The lowest BCUT2D eigenvalue weighted by atomic mass is 10.1. The standard InChI is InChI=1S/C13H10BrClN2O/c1-8-7-9(14)5-6-10(8)13(18)17-12-4-2-3-11(15)16-12/h2-7H,1H3,(H,16,17,18). The maximum atomic E-state index is 12.0. The van der Waals surface area contributed by atoms with Crippen molar-refractivity contribution in [2.24, 2.45) is 0 Å². The largest absolute Gasteiger partial charge is 0.307 e. The van der Waals surface area contributed by atoms with Crippen LogP contribution in [0.1, 0.15) is 15.9 Å². The number of nitrogens with zero attached hydrogens (tertiary/aromatic N) is 1. The molecule has 5 heteroatoms. The van der Waals surface area contributed by atoms with Crippen LogP contribution in [0.4, 0.5) is 5.82 Å². The predicted octanol–water partition coefficient (Wildman–Crippen LogP) is 4.06. The molecule has 0 aliphatic carbocycles. The van der Waals surface area contributed by atoms with Gasteiger partial charge in [-0.2, -0.15) is 0 Å². The fourth-order valence-corrected chi connectivity index (χ4v) is 2.18. The molecule has 0 aliphatic rings. The van der Waals surface area contributed by atoms with Crippen molar-refractivity contribution >= 4 is 39.3 Å². The number of carbonyl (C=O) groups excluding carboxylic acids is 1. The van der Waals surface area contributed by atoms with E-state index in [-0.39, 0.29) is 5.91 Å². The number of aromatic nitrogens is 1. The van der Waals surface area contributed by atoms with Gasteiger partial charge >= 0.3 is 0 Å². The van der Waals surface area contributed by atoms with Crippen LogP contribution in [0.3, 0.4) is 0 Å². The number of hydrogen-bond acceptors (Lipinski definition) is 2. The minimum atomic E-state index is -0.199. The number of nitrogens with one attached hydrogen (secondary N) is 1. The molecule has 1 aromatic heterocycles. The van der Waals surface area contributed by atoms with Crippen molar-refractivity contribution in [3.8, 4) is 0 Å². The highest BCUT2D eigenvalue weighted by molar-refractivity contribution is 9.10. The SMILES string of the molecule is Cc1cc(Br)ccc1C(=O)Nc1cccc(Cl)n1. The number of hydrogen-bond donors (Lipinski definition) is 1. The Morgan fingerprint density at radius 2 is 2.11 bits per heavy atom. The lowest BCUT2D eigenvalue weighted by Crippen LogP contribution is -2.14. The smallest absolute Gasteiger partial charge is 0.257 e. The Morgan fingerprint density at radius 3 is 2.78 bits per heavy atom. The summed E-state index contributed by atoms with van der Waals surface area (Å²) in [5.41, 5.74) is 1.50. The summed E-state index contributed by atoms with van der Waals surface area (Å²) >= 11 is 9.12. The first-order valence-electron chi connectivity index (χ1n) is 5.26. The third kappa shape index (κ3) is 3.09. The molecule has 1 heterocycles. The minimum Gasteiger partial charge on any atom is -0.307 e. The monoisotopic (exact) mass is 324 g/mol. The number of anilines is 1. The Bertz CT molecular complexity index is 601. The van der Waals surface area contributed by atoms with Crippen molar-refractivity contribution in [2.45, 2.75) is 6.92 Å². The Morgan fingerprint density at radius 1 is 1.33 bits per heavy atom. The Balaban J connectivity index is 2.22. The van der Waals surface area contributed by atoms with E-state index in [4.69, 9.17) is 11.6 Å². The van der Waals surface area contributed by atoms with E-state index in [2.05, 4.69) is 26.2 Å². The number of amides is 1. The fourth-order valence-electron chi connectivity index (χ4n) is 1.54. The van der Waals surface area contributed by atoms with Crippen molar-refractivity contribution in [1.29, 1.82) is 0 Å². The van der Waals surface area contributed by atoms with Gasteiger partial charge in [0.25, 0.3) is 5.91 Å². The van der Waals surface area contributed by atoms with Crippen molar-refractivity contribution in [1.82, 2.24) is 4.98 Å². The maximum absolute atomic E-state index is 12.0. The highest BCUT2D eigenvalue weighted by atomic mass is 79.9. The van der Waals surface area contributed by atoms with E-state index in [0.717, 1.165) is 10.0 Å². The van der Waals surface area contributed by atoms with Gasteiger partial charge in [0.15, 0.2) is 0 Å². The number of pyridine rings is 1. The van der Waals surface area contributed by atoms with Crippen LogP contribution in [0.5, 0.6) is 0 Å². The molecule has 0 atom stereocenters. The van der Waals surface area contributed by atoms with E-state index in [0.29, 0.717) is 16.5 Å². The second-order valence-electron chi connectivity index (χ2n) is 3.76. The van der Waals surface area contributed by atoms with Gasteiger partial charge in [-0.15, -0.1) is 0 Å². The Kier molecular flexibility index (Phi) is 3.99. The molecule has 92 valence electrons. The molecular formula is C13H10BrClN2O. The van der Waals surface area contributed by atoms with Gasteiger partial charge in [0.1, 0.15) is 11.0 Å². The summed E-state index contributed by atoms with van der Waals surface area (Å²) in [5, 5.41) is 3.06. The first-order chi connectivity index (χ1) is 8.56. The lowest BCUT2D eigenvalue weighted by molar-refractivity contribution is 0.102. The second kappa shape index (κ2) is 5.50. The van der Waals surface area contributed by atoms with E-state index < -0.39 is 0 Å². The molecule has 1 amide bonds. The van der Waals surface area contributed by atoms with Crippen LogP contribution >= 0.6 is 27.5 Å².